The summed E-state index contributed by atoms with van der Waals surface area (Å²) in [6.45, 7) is 0.969. The largest absolute Gasteiger partial charge is 0.383 e. The number of thiophene rings is 1. The Hall–Kier alpha value is -1.89. The van der Waals surface area contributed by atoms with Gasteiger partial charge in [-0.15, -0.1) is 11.3 Å². The summed E-state index contributed by atoms with van der Waals surface area (Å²) in [6.07, 6.45) is 4.11. The van der Waals surface area contributed by atoms with E-state index in [1.54, 1.807) is 23.0 Å². The Kier molecular flexibility index (Phi) is 5.21. The minimum atomic E-state index is -0.289. The van der Waals surface area contributed by atoms with Crippen LogP contribution in [0.1, 0.15) is 28.8 Å². The molecule has 1 aliphatic rings. The summed E-state index contributed by atoms with van der Waals surface area (Å²) in [6, 6.07) is 7.49. The van der Waals surface area contributed by atoms with Gasteiger partial charge in [0.2, 0.25) is 0 Å². The average Bonchev–Trinajstić information content (AvgIpc) is 3.05. The normalized spacial score (nSPS) is 13.9. The Balaban J connectivity index is 1.96. The fourth-order valence-corrected chi connectivity index (χ4v) is 5.34. The molecule has 1 aliphatic carbocycles. The highest BCUT2D eigenvalue weighted by molar-refractivity contribution is 7.18. The third-order valence-corrected chi connectivity index (χ3v) is 6.62. The van der Waals surface area contributed by atoms with E-state index in [1.165, 1.54) is 9.44 Å². The molecule has 0 radical (unpaired) electrons. The molecule has 27 heavy (non-hydrogen) atoms. The zero-order valence-electron chi connectivity index (χ0n) is 15.2. The highest BCUT2D eigenvalue weighted by Crippen LogP contribution is 2.34. The number of hydrogen-bond donors (Lipinski definition) is 0. The number of halogens is 1. The number of fused-ring (bicyclic) bond motifs is 3. The molecule has 0 aliphatic heterocycles. The molecule has 3 aromatic rings. The van der Waals surface area contributed by atoms with Crippen LogP contribution in [0.2, 0.25) is 5.02 Å². The standard InChI is InChI=1S/C20H21ClN2O3S/c1-26-10-9-22-18(24)17-15-7-2-3-8-16(15)27-19(17)23(20(22)25)12-13-5-4-6-14(21)11-13/h4-6,11H,2-3,7-10,12H2,1H3. The molecular formula is C20H21ClN2O3S. The monoisotopic (exact) mass is 404 g/mol. The fourth-order valence-electron chi connectivity index (χ4n) is 3.75. The lowest BCUT2D eigenvalue weighted by atomic mass is 9.97. The Labute approximate surface area is 165 Å². The quantitative estimate of drug-likeness (QED) is 0.654. The molecule has 2 aromatic heterocycles. The summed E-state index contributed by atoms with van der Waals surface area (Å²) in [5, 5.41) is 1.35. The second-order valence-electron chi connectivity index (χ2n) is 6.84. The number of aryl methyl sites for hydroxylation is 2. The van der Waals surface area contributed by atoms with Crippen molar-refractivity contribution in [1.29, 1.82) is 0 Å². The van der Waals surface area contributed by atoms with Gasteiger partial charge in [-0.25, -0.2) is 4.79 Å². The van der Waals surface area contributed by atoms with Crippen LogP contribution in [0.15, 0.2) is 33.9 Å². The van der Waals surface area contributed by atoms with Crippen LogP contribution in [0.4, 0.5) is 0 Å². The van der Waals surface area contributed by atoms with Gasteiger partial charge in [-0.05, 0) is 48.9 Å². The maximum absolute atomic E-state index is 13.2. The third-order valence-electron chi connectivity index (χ3n) is 5.07. The first-order chi connectivity index (χ1) is 13.1. The van der Waals surface area contributed by atoms with Crippen molar-refractivity contribution in [2.45, 2.75) is 38.8 Å². The molecule has 1 aromatic carbocycles. The predicted octanol–water partition coefficient (Wildman–Crippen LogP) is 3.45. The molecule has 0 saturated carbocycles. The molecule has 0 atom stereocenters. The SMILES string of the molecule is COCCn1c(=O)c2c3c(sc2n(Cc2cccc(Cl)c2)c1=O)CCCC3. The molecule has 0 bridgehead atoms. The highest BCUT2D eigenvalue weighted by Gasteiger charge is 2.23. The number of methoxy groups -OCH3 is 1. The summed E-state index contributed by atoms with van der Waals surface area (Å²) in [7, 11) is 1.57. The van der Waals surface area contributed by atoms with Crippen molar-refractivity contribution in [3.05, 3.63) is 66.1 Å². The molecule has 142 valence electrons. The number of aromatic nitrogens is 2. The smallest absolute Gasteiger partial charge is 0.332 e. The minimum absolute atomic E-state index is 0.186. The number of benzene rings is 1. The number of ether oxygens (including phenoxy) is 1. The Bertz CT molecular complexity index is 1110. The van der Waals surface area contributed by atoms with Crippen LogP contribution in [0.3, 0.4) is 0 Å². The molecule has 0 saturated heterocycles. The molecule has 4 rings (SSSR count). The van der Waals surface area contributed by atoms with Crippen molar-refractivity contribution in [1.82, 2.24) is 9.13 Å². The molecule has 7 heteroatoms. The van der Waals surface area contributed by atoms with Crippen LogP contribution >= 0.6 is 22.9 Å². The molecule has 0 amide bonds. The van der Waals surface area contributed by atoms with E-state index in [1.807, 2.05) is 24.3 Å². The van der Waals surface area contributed by atoms with Crippen LogP contribution in [0.25, 0.3) is 10.2 Å². The van der Waals surface area contributed by atoms with Crippen LogP contribution < -0.4 is 11.2 Å². The van der Waals surface area contributed by atoms with Crippen molar-refractivity contribution >= 4 is 33.2 Å². The van der Waals surface area contributed by atoms with Gasteiger partial charge in [0.1, 0.15) is 4.83 Å². The van der Waals surface area contributed by atoms with Gasteiger partial charge >= 0.3 is 5.69 Å². The summed E-state index contributed by atoms with van der Waals surface area (Å²) >= 11 is 7.72. The number of rotatable bonds is 5. The van der Waals surface area contributed by atoms with Crippen molar-refractivity contribution in [2.75, 3.05) is 13.7 Å². The van der Waals surface area contributed by atoms with Gasteiger partial charge in [0.05, 0.1) is 25.1 Å². The van der Waals surface area contributed by atoms with Crippen LogP contribution in [0, 0.1) is 0 Å². The lowest BCUT2D eigenvalue weighted by Gasteiger charge is -2.13. The van der Waals surface area contributed by atoms with Crippen molar-refractivity contribution in [2.24, 2.45) is 0 Å². The zero-order valence-corrected chi connectivity index (χ0v) is 16.7. The van der Waals surface area contributed by atoms with Crippen molar-refractivity contribution < 1.29 is 4.74 Å². The lowest BCUT2D eigenvalue weighted by molar-refractivity contribution is 0.184. The summed E-state index contributed by atoms with van der Waals surface area (Å²) in [5.74, 6) is 0. The Morgan fingerprint density at radius 3 is 2.78 bits per heavy atom. The van der Waals surface area contributed by atoms with Gasteiger partial charge in [-0.3, -0.25) is 13.9 Å². The zero-order chi connectivity index (χ0) is 19.0. The summed E-state index contributed by atoms with van der Waals surface area (Å²) in [5.41, 5.74) is 1.60. The highest BCUT2D eigenvalue weighted by atomic mass is 35.5. The molecule has 0 N–H and O–H groups in total. The third kappa shape index (κ3) is 3.37. The molecule has 5 nitrogen and oxygen atoms in total. The lowest BCUT2D eigenvalue weighted by Crippen LogP contribution is -2.41. The average molecular weight is 405 g/mol. The minimum Gasteiger partial charge on any atom is -0.383 e. The van der Waals surface area contributed by atoms with E-state index in [0.717, 1.165) is 41.6 Å². The van der Waals surface area contributed by atoms with Crippen LogP contribution in [-0.2, 0) is 30.7 Å². The number of nitrogens with zero attached hydrogens (tertiary/aromatic N) is 2. The van der Waals surface area contributed by atoms with E-state index in [4.69, 9.17) is 16.3 Å². The van der Waals surface area contributed by atoms with E-state index in [0.29, 0.717) is 23.6 Å². The first-order valence-corrected chi connectivity index (χ1v) is 10.3. The van der Waals surface area contributed by atoms with Gasteiger partial charge < -0.3 is 4.74 Å². The molecule has 0 fully saturated rings. The summed E-state index contributed by atoms with van der Waals surface area (Å²) in [4.78, 5) is 28.3. The predicted molar refractivity (Wildman–Crippen MR) is 109 cm³/mol. The second-order valence-corrected chi connectivity index (χ2v) is 8.36. The van der Waals surface area contributed by atoms with Crippen LogP contribution in [-0.4, -0.2) is 22.9 Å². The van der Waals surface area contributed by atoms with Crippen LogP contribution in [0.5, 0.6) is 0 Å². The molecule has 0 spiro atoms. The van der Waals surface area contributed by atoms with E-state index < -0.39 is 0 Å². The van der Waals surface area contributed by atoms with Crippen molar-refractivity contribution in [3.63, 3.8) is 0 Å². The Morgan fingerprint density at radius 2 is 2.00 bits per heavy atom. The molecule has 2 heterocycles. The second kappa shape index (κ2) is 7.62. The van der Waals surface area contributed by atoms with Gasteiger partial charge in [0.15, 0.2) is 0 Å². The van der Waals surface area contributed by atoms with Crippen molar-refractivity contribution in [3.8, 4) is 0 Å². The Morgan fingerprint density at radius 1 is 1.19 bits per heavy atom. The van der Waals surface area contributed by atoms with E-state index in [-0.39, 0.29) is 17.8 Å². The summed E-state index contributed by atoms with van der Waals surface area (Å²) < 4.78 is 8.15. The van der Waals surface area contributed by atoms with Gasteiger partial charge in [-0.2, -0.15) is 0 Å². The van der Waals surface area contributed by atoms with Gasteiger partial charge in [0.25, 0.3) is 5.56 Å². The molecular weight excluding hydrogens is 384 g/mol. The van der Waals surface area contributed by atoms with E-state index in [9.17, 15) is 9.59 Å². The first kappa shape index (κ1) is 18.5. The molecule has 0 unspecified atom stereocenters. The first-order valence-electron chi connectivity index (χ1n) is 9.11. The maximum atomic E-state index is 13.2. The van der Waals surface area contributed by atoms with Gasteiger partial charge in [-0.1, -0.05) is 23.7 Å². The topological polar surface area (TPSA) is 53.2 Å². The van der Waals surface area contributed by atoms with E-state index >= 15 is 0 Å². The number of hydrogen-bond acceptors (Lipinski definition) is 4. The van der Waals surface area contributed by atoms with E-state index in [2.05, 4.69) is 0 Å². The van der Waals surface area contributed by atoms with Gasteiger partial charge in [0, 0.05) is 17.0 Å². The maximum Gasteiger partial charge on any atom is 0.332 e. The fraction of sp³-hybridized carbons (Fsp3) is 0.400.